The zero-order valence-electron chi connectivity index (χ0n) is 11.4. The number of aromatic nitrogens is 1. The summed E-state index contributed by atoms with van der Waals surface area (Å²) >= 11 is 0. The van der Waals surface area contributed by atoms with Crippen LogP contribution in [0, 0.1) is 11.7 Å². The summed E-state index contributed by atoms with van der Waals surface area (Å²) in [5.41, 5.74) is 3.35. The fraction of sp³-hybridized carbons (Fsp3) is 0.615. The first-order valence-electron chi connectivity index (χ1n) is 6.68. The molecular weight excluding hydrogens is 281 g/mol. The van der Waals surface area contributed by atoms with Crippen LogP contribution in [0.4, 0.5) is 4.39 Å². The van der Waals surface area contributed by atoms with E-state index in [1.165, 1.54) is 12.3 Å². The van der Waals surface area contributed by atoms with Crippen molar-refractivity contribution in [3.63, 3.8) is 0 Å². The standard InChI is InChI=1S/C13H20FN3O2S/c1-20(18,19)11-4-2-3-9(7-11)13(17-15)12-6-5-10(14)8-16-12/h5-6,8-9,11,13,17H,2-4,7,15H2,1H3. The molecule has 0 aliphatic heterocycles. The molecule has 0 bridgehead atoms. The number of nitrogens with zero attached hydrogens (tertiary/aromatic N) is 1. The van der Waals surface area contributed by atoms with Gasteiger partial charge >= 0.3 is 0 Å². The number of hydrogen-bond acceptors (Lipinski definition) is 5. The van der Waals surface area contributed by atoms with Gasteiger partial charge in [-0.15, -0.1) is 0 Å². The van der Waals surface area contributed by atoms with Crippen molar-refractivity contribution in [1.82, 2.24) is 10.4 Å². The molecule has 3 N–H and O–H groups in total. The minimum absolute atomic E-state index is 0.0893. The molecule has 112 valence electrons. The Kier molecular flexibility index (Phi) is 4.72. The highest BCUT2D eigenvalue weighted by Crippen LogP contribution is 2.35. The number of nitrogens with one attached hydrogen (secondary N) is 1. The van der Waals surface area contributed by atoms with Crippen molar-refractivity contribution >= 4 is 9.84 Å². The zero-order chi connectivity index (χ0) is 14.8. The summed E-state index contributed by atoms with van der Waals surface area (Å²) in [4.78, 5) is 4.04. The van der Waals surface area contributed by atoms with E-state index in [1.807, 2.05) is 0 Å². The average molecular weight is 301 g/mol. The molecule has 5 nitrogen and oxygen atoms in total. The number of sulfone groups is 1. The Labute approximate surface area is 118 Å². The molecule has 1 saturated carbocycles. The molecule has 1 aromatic heterocycles. The van der Waals surface area contributed by atoms with Gasteiger partial charge in [0, 0.05) is 6.26 Å². The van der Waals surface area contributed by atoms with Crippen molar-refractivity contribution < 1.29 is 12.8 Å². The van der Waals surface area contributed by atoms with Crippen LogP contribution in [-0.2, 0) is 9.84 Å². The summed E-state index contributed by atoms with van der Waals surface area (Å²) in [6.45, 7) is 0. The van der Waals surface area contributed by atoms with E-state index in [2.05, 4.69) is 10.4 Å². The molecule has 0 radical (unpaired) electrons. The normalized spacial score (nSPS) is 25.4. The summed E-state index contributed by atoms with van der Waals surface area (Å²) in [5.74, 6) is 5.28. The summed E-state index contributed by atoms with van der Waals surface area (Å²) in [6, 6.07) is 2.67. The number of pyridine rings is 1. The molecule has 3 unspecified atom stereocenters. The smallest absolute Gasteiger partial charge is 0.150 e. The Hall–Kier alpha value is -1.05. The molecule has 0 spiro atoms. The number of halogens is 1. The maximum absolute atomic E-state index is 12.9. The molecule has 20 heavy (non-hydrogen) atoms. The molecule has 1 heterocycles. The van der Waals surface area contributed by atoms with Gasteiger partial charge in [-0.3, -0.25) is 16.3 Å². The van der Waals surface area contributed by atoms with E-state index in [-0.39, 0.29) is 17.2 Å². The average Bonchev–Trinajstić information content (AvgIpc) is 2.41. The van der Waals surface area contributed by atoms with Gasteiger partial charge < -0.3 is 0 Å². The van der Waals surface area contributed by atoms with Gasteiger partial charge in [0.05, 0.1) is 23.2 Å². The molecule has 1 fully saturated rings. The fourth-order valence-corrected chi connectivity index (χ4v) is 4.10. The van der Waals surface area contributed by atoms with Crippen LogP contribution in [0.15, 0.2) is 18.3 Å². The Balaban J connectivity index is 2.17. The number of nitrogens with two attached hydrogens (primary N) is 1. The quantitative estimate of drug-likeness (QED) is 0.647. The van der Waals surface area contributed by atoms with Crippen LogP contribution in [0.5, 0.6) is 0 Å². The minimum Gasteiger partial charge on any atom is -0.271 e. The highest BCUT2D eigenvalue weighted by Gasteiger charge is 2.33. The van der Waals surface area contributed by atoms with Crippen molar-refractivity contribution in [1.29, 1.82) is 0 Å². The van der Waals surface area contributed by atoms with Crippen LogP contribution in [-0.4, -0.2) is 24.9 Å². The molecular formula is C13H20FN3O2S. The number of hydrazine groups is 1. The van der Waals surface area contributed by atoms with Crippen LogP contribution in [0.25, 0.3) is 0 Å². The van der Waals surface area contributed by atoms with Crippen LogP contribution in [0.3, 0.4) is 0 Å². The summed E-state index contributed by atoms with van der Waals surface area (Å²) < 4.78 is 36.3. The van der Waals surface area contributed by atoms with E-state index in [9.17, 15) is 12.8 Å². The highest BCUT2D eigenvalue weighted by atomic mass is 32.2. The summed E-state index contributed by atoms with van der Waals surface area (Å²) in [5, 5.41) is -0.322. The first-order valence-corrected chi connectivity index (χ1v) is 8.63. The topological polar surface area (TPSA) is 85.1 Å². The van der Waals surface area contributed by atoms with Crippen molar-refractivity contribution in [2.75, 3.05) is 6.26 Å². The Bertz CT molecular complexity index is 547. The number of rotatable bonds is 4. The van der Waals surface area contributed by atoms with E-state index >= 15 is 0 Å². The second-order valence-electron chi connectivity index (χ2n) is 5.42. The van der Waals surface area contributed by atoms with Crippen molar-refractivity contribution in [3.05, 3.63) is 29.8 Å². The largest absolute Gasteiger partial charge is 0.271 e. The fourth-order valence-electron chi connectivity index (χ4n) is 2.91. The van der Waals surface area contributed by atoms with Gasteiger partial charge in [0.2, 0.25) is 0 Å². The van der Waals surface area contributed by atoms with E-state index in [1.54, 1.807) is 6.07 Å². The Morgan fingerprint density at radius 3 is 2.75 bits per heavy atom. The van der Waals surface area contributed by atoms with E-state index in [0.717, 1.165) is 19.0 Å². The van der Waals surface area contributed by atoms with Crippen molar-refractivity contribution in [2.24, 2.45) is 11.8 Å². The van der Waals surface area contributed by atoms with Gasteiger partial charge in [-0.05, 0) is 37.3 Å². The summed E-state index contributed by atoms with van der Waals surface area (Å²) in [6.07, 6.45) is 5.43. The lowest BCUT2D eigenvalue weighted by Gasteiger charge is -2.33. The molecule has 1 aromatic rings. The van der Waals surface area contributed by atoms with E-state index in [4.69, 9.17) is 5.84 Å². The van der Waals surface area contributed by atoms with Gasteiger partial charge in [0.1, 0.15) is 15.7 Å². The van der Waals surface area contributed by atoms with Crippen LogP contribution in [0.2, 0.25) is 0 Å². The monoisotopic (exact) mass is 301 g/mol. The van der Waals surface area contributed by atoms with E-state index in [0.29, 0.717) is 18.5 Å². The van der Waals surface area contributed by atoms with Crippen LogP contribution < -0.4 is 11.3 Å². The molecule has 1 aliphatic carbocycles. The summed E-state index contributed by atoms with van der Waals surface area (Å²) in [7, 11) is -3.04. The van der Waals surface area contributed by atoms with Gasteiger partial charge in [-0.1, -0.05) is 6.42 Å². The third kappa shape index (κ3) is 3.53. The third-order valence-electron chi connectivity index (χ3n) is 3.99. The lowest BCUT2D eigenvalue weighted by atomic mass is 9.82. The minimum atomic E-state index is -3.04. The molecule has 0 amide bonds. The second kappa shape index (κ2) is 6.15. The van der Waals surface area contributed by atoms with Crippen molar-refractivity contribution in [2.45, 2.75) is 37.0 Å². The lowest BCUT2D eigenvalue weighted by Crippen LogP contribution is -2.38. The first-order chi connectivity index (χ1) is 9.41. The van der Waals surface area contributed by atoms with E-state index < -0.39 is 15.7 Å². The molecule has 2 rings (SSSR count). The molecule has 0 aromatic carbocycles. The maximum atomic E-state index is 12.9. The molecule has 1 aliphatic rings. The SMILES string of the molecule is CS(=O)(=O)C1CCCC(C(NN)c2ccc(F)cn2)C1. The second-order valence-corrected chi connectivity index (χ2v) is 7.75. The number of hydrogen-bond donors (Lipinski definition) is 2. The predicted molar refractivity (Wildman–Crippen MR) is 74.8 cm³/mol. The van der Waals surface area contributed by atoms with Gasteiger partial charge in [0.15, 0.2) is 0 Å². The van der Waals surface area contributed by atoms with Crippen LogP contribution in [0.1, 0.15) is 37.4 Å². The lowest BCUT2D eigenvalue weighted by molar-refractivity contribution is 0.270. The maximum Gasteiger partial charge on any atom is 0.150 e. The van der Waals surface area contributed by atoms with Crippen molar-refractivity contribution in [3.8, 4) is 0 Å². The molecule has 3 atom stereocenters. The Morgan fingerprint density at radius 2 is 2.20 bits per heavy atom. The highest BCUT2D eigenvalue weighted by molar-refractivity contribution is 7.91. The first kappa shape index (κ1) is 15.3. The van der Waals surface area contributed by atoms with Crippen LogP contribution >= 0.6 is 0 Å². The predicted octanol–water partition coefficient (Wildman–Crippen LogP) is 1.33. The molecule has 0 saturated heterocycles. The third-order valence-corrected chi connectivity index (χ3v) is 5.63. The van der Waals surface area contributed by atoms with Gasteiger partial charge in [-0.25, -0.2) is 12.8 Å². The Morgan fingerprint density at radius 1 is 1.45 bits per heavy atom. The molecule has 7 heteroatoms. The van der Waals surface area contributed by atoms with Gasteiger partial charge in [0.25, 0.3) is 0 Å². The zero-order valence-corrected chi connectivity index (χ0v) is 12.2. The van der Waals surface area contributed by atoms with Gasteiger partial charge in [-0.2, -0.15) is 0 Å².